The summed E-state index contributed by atoms with van der Waals surface area (Å²) < 4.78 is 5.33. The monoisotopic (exact) mass is 212 g/mol. The van der Waals surface area contributed by atoms with Crippen molar-refractivity contribution in [1.82, 2.24) is 4.90 Å². The Morgan fingerprint density at radius 2 is 2.07 bits per heavy atom. The van der Waals surface area contributed by atoms with Gasteiger partial charge in [0.2, 0.25) is 5.91 Å². The molecule has 0 bridgehead atoms. The van der Waals surface area contributed by atoms with Crippen LogP contribution in [0.1, 0.15) is 25.7 Å². The molecule has 15 heavy (non-hydrogen) atoms. The highest BCUT2D eigenvalue weighted by atomic mass is 16.5. The van der Waals surface area contributed by atoms with E-state index in [1.54, 1.807) is 0 Å². The maximum absolute atomic E-state index is 11.2. The van der Waals surface area contributed by atoms with Crippen LogP contribution in [0.5, 0.6) is 0 Å². The maximum atomic E-state index is 11.2. The number of ether oxygens (including phenoxy) is 1. The van der Waals surface area contributed by atoms with Gasteiger partial charge in [-0.3, -0.25) is 9.69 Å². The van der Waals surface area contributed by atoms with Crippen LogP contribution < -0.4 is 5.73 Å². The minimum atomic E-state index is -0.153. The van der Waals surface area contributed by atoms with Crippen molar-refractivity contribution in [1.29, 1.82) is 0 Å². The lowest BCUT2D eigenvalue weighted by atomic mass is 9.99. The number of carbonyl (C=O) groups excluding carboxylic acids is 1. The second kappa shape index (κ2) is 4.94. The van der Waals surface area contributed by atoms with Gasteiger partial charge in [0.05, 0.1) is 6.04 Å². The minimum Gasteiger partial charge on any atom is -0.381 e. The Bertz CT molecular complexity index is 227. The quantitative estimate of drug-likeness (QED) is 0.735. The van der Waals surface area contributed by atoms with Gasteiger partial charge in [0.25, 0.3) is 0 Å². The number of likely N-dealkylation sites (tertiary alicyclic amines) is 1. The van der Waals surface area contributed by atoms with Gasteiger partial charge in [-0.05, 0) is 38.1 Å². The molecule has 1 amide bonds. The number of rotatable bonds is 3. The summed E-state index contributed by atoms with van der Waals surface area (Å²) in [7, 11) is 0. The summed E-state index contributed by atoms with van der Waals surface area (Å²) in [6.07, 6.45) is 4.30. The van der Waals surface area contributed by atoms with Crippen molar-refractivity contribution in [2.24, 2.45) is 11.7 Å². The summed E-state index contributed by atoms with van der Waals surface area (Å²) >= 11 is 0. The molecular formula is C11H20N2O2. The molecule has 0 aromatic carbocycles. The molecule has 0 saturated carbocycles. The van der Waals surface area contributed by atoms with Crippen LogP contribution in [0.25, 0.3) is 0 Å². The molecule has 0 aromatic heterocycles. The Labute approximate surface area is 90.8 Å². The number of primary amides is 1. The van der Waals surface area contributed by atoms with Crippen molar-refractivity contribution in [3.63, 3.8) is 0 Å². The van der Waals surface area contributed by atoms with Crippen LogP contribution in [0.4, 0.5) is 0 Å². The van der Waals surface area contributed by atoms with Crippen molar-refractivity contribution in [3.05, 3.63) is 0 Å². The number of hydrogen-bond donors (Lipinski definition) is 1. The van der Waals surface area contributed by atoms with E-state index in [0.717, 1.165) is 52.0 Å². The molecule has 0 aromatic rings. The van der Waals surface area contributed by atoms with Crippen LogP contribution in [0.2, 0.25) is 0 Å². The summed E-state index contributed by atoms with van der Waals surface area (Å²) in [4.78, 5) is 13.5. The van der Waals surface area contributed by atoms with E-state index in [4.69, 9.17) is 10.5 Å². The molecule has 86 valence electrons. The summed E-state index contributed by atoms with van der Waals surface area (Å²) in [6.45, 7) is 3.81. The topological polar surface area (TPSA) is 55.6 Å². The fourth-order valence-electron chi connectivity index (χ4n) is 2.63. The summed E-state index contributed by atoms with van der Waals surface area (Å²) in [5.74, 6) is 0.540. The van der Waals surface area contributed by atoms with Gasteiger partial charge in [0, 0.05) is 19.8 Å². The first kappa shape index (κ1) is 10.9. The van der Waals surface area contributed by atoms with Gasteiger partial charge in [-0.1, -0.05) is 0 Å². The molecule has 4 nitrogen and oxygen atoms in total. The van der Waals surface area contributed by atoms with E-state index < -0.39 is 0 Å². The van der Waals surface area contributed by atoms with Gasteiger partial charge in [0.1, 0.15) is 0 Å². The third-order valence-corrected chi connectivity index (χ3v) is 3.53. The van der Waals surface area contributed by atoms with E-state index in [0.29, 0.717) is 5.92 Å². The predicted octanol–water partition coefficient (Wildman–Crippen LogP) is 0.363. The zero-order valence-electron chi connectivity index (χ0n) is 9.15. The fourth-order valence-corrected chi connectivity index (χ4v) is 2.63. The number of nitrogens with two attached hydrogens (primary N) is 1. The third kappa shape index (κ3) is 2.69. The normalized spacial score (nSPS) is 29.5. The zero-order valence-corrected chi connectivity index (χ0v) is 9.15. The summed E-state index contributed by atoms with van der Waals surface area (Å²) in [5.41, 5.74) is 5.39. The van der Waals surface area contributed by atoms with Crippen molar-refractivity contribution in [2.45, 2.75) is 31.7 Å². The van der Waals surface area contributed by atoms with Gasteiger partial charge >= 0.3 is 0 Å². The van der Waals surface area contributed by atoms with Gasteiger partial charge in [-0.25, -0.2) is 0 Å². The molecule has 0 aliphatic carbocycles. The Morgan fingerprint density at radius 3 is 2.73 bits per heavy atom. The Kier molecular flexibility index (Phi) is 3.59. The van der Waals surface area contributed by atoms with Gasteiger partial charge in [-0.2, -0.15) is 0 Å². The van der Waals surface area contributed by atoms with E-state index in [9.17, 15) is 4.79 Å². The fraction of sp³-hybridized carbons (Fsp3) is 0.909. The van der Waals surface area contributed by atoms with Crippen molar-refractivity contribution in [3.8, 4) is 0 Å². The SMILES string of the molecule is NC(=O)C1CCCN1CC1CCOCC1. The number of carbonyl (C=O) groups is 1. The highest BCUT2D eigenvalue weighted by molar-refractivity contribution is 5.80. The number of hydrogen-bond acceptors (Lipinski definition) is 3. The largest absolute Gasteiger partial charge is 0.381 e. The molecule has 1 unspecified atom stereocenters. The van der Waals surface area contributed by atoms with Crippen molar-refractivity contribution < 1.29 is 9.53 Å². The van der Waals surface area contributed by atoms with Crippen molar-refractivity contribution >= 4 is 5.91 Å². The first-order valence-corrected chi connectivity index (χ1v) is 5.88. The molecule has 2 aliphatic heterocycles. The Balaban J connectivity index is 1.84. The van der Waals surface area contributed by atoms with E-state index in [1.807, 2.05) is 0 Å². The lowest BCUT2D eigenvalue weighted by Gasteiger charge is -2.29. The molecule has 0 spiro atoms. The van der Waals surface area contributed by atoms with Gasteiger partial charge in [-0.15, -0.1) is 0 Å². The van der Waals surface area contributed by atoms with E-state index in [2.05, 4.69) is 4.90 Å². The molecule has 1 atom stereocenters. The molecule has 2 N–H and O–H groups in total. The van der Waals surface area contributed by atoms with Crippen LogP contribution in [0, 0.1) is 5.92 Å². The second-order valence-electron chi connectivity index (χ2n) is 4.61. The Hall–Kier alpha value is -0.610. The molecule has 2 fully saturated rings. The van der Waals surface area contributed by atoms with Crippen LogP contribution in [0.15, 0.2) is 0 Å². The average molecular weight is 212 g/mol. The first-order chi connectivity index (χ1) is 7.27. The standard InChI is InChI=1S/C11H20N2O2/c12-11(14)10-2-1-5-13(10)8-9-3-6-15-7-4-9/h9-10H,1-8H2,(H2,12,14). The third-order valence-electron chi connectivity index (χ3n) is 3.53. The lowest BCUT2D eigenvalue weighted by Crippen LogP contribution is -2.43. The molecule has 2 aliphatic rings. The summed E-state index contributed by atoms with van der Waals surface area (Å²) in [5, 5.41) is 0. The number of amides is 1. The molecule has 2 rings (SSSR count). The molecule has 4 heteroatoms. The summed E-state index contributed by atoms with van der Waals surface area (Å²) in [6, 6.07) is -0.00663. The second-order valence-corrected chi connectivity index (χ2v) is 4.61. The highest BCUT2D eigenvalue weighted by Gasteiger charge is 2.30. The van der Waals surface area contributed by atoms with E-state index >= 15 is 0 Å². The van der Waals surface area contributed by atoms with Crippen LogP contribution in [-0.4, -0.2) is 43.2 Å². The van der Waals surface area contributed by atoms with Crippen LogP contribution in [-0.2, 0) is 9.53 Å². The minimum absolute atomic E-state index is 0.00663. The van der Waals surface area contributed by atoms with Gasteiger partial charge in [0.15, 0.2) is 0 Å². The smallest absolute Gasteiger partial charge is 0.234 e. The highest BCUT2D eigenvalue weighted by Crippen LogP contribution is 2.22. The van der Waals surface area contributed by atoms with E-state index in [1.165, 1.54) is 0 Å². The molecular weight excluding hydrogens is 192 g/mol. The number of nitrogens with zero attached hydrogens (tertiary/aromatic N) is 1. The molecule has 0 radical (unpaired) electrons. The molecule has 2 saturated heterocycles. The average Bonchev–Trinajstić information content (AvgIpc) is 2.67. The lowest BCUT2D eigenvalue weighted by molar-refractivity contribution is -0.122. The Morgan fingerprint density at radius 1 is 1.33 bits per heavy atom. The van der Waals surface area contributed by atoms with Gasteiger partial charge < -0.3 is 10.5 Å². The van der Waals surface area contributed by atoms with Crippen molar-refractivity contribution in [2.75, 3.05) is 26.3 Å². The first-order valence-electron chi connectivity index (χ1n) is 5.88. The molecule has 2 heterocycles. The van der Waals surface area contributed by atoms with Crippen LogP contribution >= 0.6 is 0 Å². The van der Waals surface area contributed by atoms with Crippen LogP contribution in [0.3, 0.4) is 0 Å². The van der Waals surface area contributed by atoms with E-state index in [-0.39, 0.29) is 11.9 Å². The predicted molar refractivity (Wildman–Crippen MR) is 57.3 cm³/mol. The zero-order chi connectivity index (χ0) is 10.7. The maximum Gasteiger partial charge on any atom is 0.234 e.